The van der Waals surface area contributed by atoms with Crippen LogP contribution in [-0.4, -0.2) is 14.4 Å². The summed E-state index contributed by atoms with van der Waals surface area (Å²) in [6.45, 7) is 0. The molecule has 0 bridgehead atoms. The minimum Gasteiger partial charge on any atom is -0.326 e. The molecule has 3 rings (SSSR count). The van der Waals surface area contributed by atoms with Crippen molar-refractivity contribution in [1.29, 1.82) is 0 Å². The molecule has 0 radical (unpaired) electrons. The number of rotatable bonds is 6. The lowest BCUT2D eigenvalue weighted by Crippen LogP contribution is -2.42. The average Bonchev–Trinajstić information content (AvgIpc) is 2.67. The molecule has 0 unspecified atom stereocenters. The van der Waals surface area contributed by atoms with E-state index in [0.717, 1.165) is 11.1 Å². The highest BCUT2D eigenvalue weighted by Crippen LogP contribution is 2.21. The lowest BCUT2D eigenvalue weighted by atomic mass is 9.99. The summed E-state index contributed by atoms with van der Waals surface area (Å²) in [5.74, 6) is -0.261. The van der Waals surface area contributed by atoms with E-state index in [1.807, 2.05) is 60.7 Å². The first kappa shape index (κ1) is 18.7. The average molecular weight is 380 g/mol. The summed E-state index contributed by atoms with van der Waals surface area (Å²) < 4.78 is 26.7. The zero-order valence-corrected chi connectivity index (χ0v) is 15.4. The molecule has 2 amide bonds. The van der Waals surface area contributed by atoms with Crippen LogP contribution in [0.2, 0.25) is 0 Å². The molecular formula is C21H20N2O3S. The van der Waals surface area contributed by atoms with Crippen molar-refractivity contribution in [2.75, 3.05) is 0 Å². The molecule has 0 aliphatic rings. The van der Waals surface area contributed by atoms with Gasteiger partial charge in [-0.15, -0.1) is 0 Å². The highest BCUT2D eigenvalue weighted by atomic mass is 32.2. The maximum atomic E-state index is 12.4. The van der Waals surface area contributed by atoms with Crippen molar-refractivity contribution < 1.29 is 13.2 Å². The minimum atomic E-state index is -3.81. The third-order valence-corrected chi connectivity index (χ3v) is 5.20. The van der Waals surface area contributed by atoms with Crippen molar-refractivity contribution in [2.45, 2.75) is 11.8 Å². The normalized spacial score (nSPS) is 11.1. The number of hydrogen-bond acceptors (Lipinski definition) is 3. The standard InChI is InChI=1S/C21H20N2O3S/c24-21(23-27(25,26)16-17-10-4-1-5-11-17)22-20(18-12-6-2-7-13-18)19-14-8-3-9-15-19/h1-15,20H,16H2,(H2,22,23,24). The topological polar surface area (TPSA) is 75.3 Å². The Labute approximate surface area is 159 Å². The van der Waals surface area contributed by atoms with E-state index in [4.69, 9.17) is 0 Å². The Morgan fingerprint density at radius 3 is 1.67 bits per heavy atom. The molecule has 3 aromatic rings. The van der Waals surface area contributed by atoms with Crippen LogP contribution < -0.4 is 10.0 Å². The van der Waals surface area contributed by atoms with Gasteiger partial charge in [0.25, 0.3) is 0 Å². The van der Waals surface area contributed by atoms with E-state index in [9.17, 15) is 13.2 Å². The summed E-state index contributed by atoms with van der Waals surface area (Å²) >= 11 is 0. The SMILES string of the molecule is O=C(NC(c1ccccc1)c1ccccc1)NS(=O)(=O)Cc1ccccc1. The molecule has 0 saturated heterocycles. The lowest BCUT2D eigenvalue weighted by molar-refractivity contribution is 0.243. The molecular weight excluding hydrogens is 360 g/mol. The van der Waals surface area contributed by atoms with Crippen molar-refractivity contribution in [2.24, 2.45) is 0 Å². The van der Waals surface area contributed by atoms with Gasteiger partial charge in [-0.25, -0.2) is 17.9 Å². The summed E-state index contributed by atoms with van der Waals surface area (Å²) in [6, 6.07) is 26.3. The quantitative estimate of drug-likeness (QED) is 0.686. The molecule has 0 aliphatic carbocycles. The van der Waals surface area contributed by atoms with Gasteiger partial charge in [-0.3, -0.25) is 0 Å². The lowest BCUT2D eigenvalue weighted by Gasteiger charge is -2.20. The van der Waals surface area contributed by atoms with Gasteiger partial charge in [0, 0.05) is 0 Å². The monoisotopic (exact) mass is 380 g/mol. The van der Waals surface area contributed by atoms with Gasteiger partial charge in [-0.1, -0.05) is 91.0 Å². The van der Waals surface area contributed by atoms with E-state index in [1.54, 1.807) is 30.3 Å². The Balaban J connectivity index is 1.75. The molecule has 0 atom stereocenters. The Hall–Kier alpha value is -3.12. The minimum absolute atomic E-state index is 0.261. The molecule has 3 aromatic carbocycles. The Kier molecular flexibility index (Phi) is 5.88. The molecule has 138 valence electrons. The zero-order valence-electron chi connectivity index (χ0n) is 14.6. The second-order valence-corrected chi connectivity index (χ2v) is 7.80. The van der Waals surface area contributed by atoms with Crippen LogP contribution in [0.3, 0.4) is 0 Å². The first-order valence-electron chi connectivity index (χ1n) is 8.48. The first-order valence-corrected chi connectivity index (χ1v) is 10.1. The second kappa shape index (κ2) is 8.51. The summed E-state index contributed by atoms with van der Waals surface area (Å²) in [5, 5.41) is 2.76. The molecule has 0 spiro atoms. The molecule has 0 heterocycles. The molecule has 0 aliphatic heterocycles. The largest absolute Gasteiger partial charge is 0.329 e. The van der Waals surface area contributed by atoms with E-state index in [-0.39, 0.29) is 5.75 Å². The van der Waals surface area contributed by atoms with Gasteiger partial charge < -0.3 is 5.32 Å². The Morgan fingerprint density at radius 2 is 1.19 bits per heavy atom. The van der Waals surface area contributed by atoms with Gasteiger partial charge in [0.2, 0.25) is 10.0 Å². The van der Waals surface area contributed by atoms with E-state index in [2.05, 4.69) is 10.0 Å². The van der Waals surface area contributed by atoms with Gasteiger partial charge in [-0.2, -0.15) is 0 Å². The highest BCUT2D eigenvalue weighted by Gasteiger charge is 2.20. The number of sulfonamides is 1. The predicted molar refractivity (Wildman–Crippen MR) is 105 cm³/mol. The molecule has 0 aromatic heterocycles. The van der Waals surface area contributed by atoms with Crippen LogP contribution in [0.1, 0.15) is 22.7 Å². The van der Waals surface area contributed by atoms with Crippen molar-refractivity contribution in [3.8, 4) is 0 Å². The summed E-state index contributed by atoms with van der Waals surface area (Å²) in [5.41, 5.74) is 2.33. The molecule has 5 nitrogen and oxygen atoms in total. The summed E-state index contributed by atoms with van der Waals surface area (Å²) in [6.07, 6.45) is 0. The Bertz CT molecular complexity index is 936. The van der Waals surface area contributed by atoms with Crippen molar-refractivity contribution in [1.82, 2.24) is 10.0 Å². The summed E-state index contributed by atoms with van der Waals surface area (Å²) in [4.78, 5) is 12.4. The Morgan fingerprint density at radius 1 is 0.741 bits per heavy atom. The van der Waals surface area contributed by atoms with Crippen molar-refractivity contribution in [3.63, 3.8) is 0 Å². The van der Waals surface area contributed by atoms with Crippen LogP contribution in [0.5, 0.6) is 0 Å². The molecule has 0 saturated carbocycles. The maximum absolute atomic E-state index is 12.4. The molecule has 27 heavy (non-hydrogen) atoms. The van der Waals surface area contributed by atoms with Gasteiger partial charge in [0.1, 0.15) is 0 Å². The van der Waals surface area contributed by atoms with Crippen LogP contribution in [0, 0.1) is 0 Å². The van der Waals surface area contributed by atoms with E-state index >= 15 is 0 Å². The van der Waals surface area contributed by atoms with Crippen LogP contribution in [-0.2, 0) is 15.8 Å². The van der Waals surface area contributed by atoms with Crippen LogP contribution >= 0.6 is 0 Å². The van der Waals surface area contributed by atoms with E-state index < -0.39 is 22.1 Å². The van der Waals surface area contributed by atoms with Crippen LogP contribution in [0.25, 0.3) is 0 Å². The maximum Gasteiger partial charge on any atom is 0.329 e. The number of hydrogen-bond donors (Lipinski definition) is 2. The third kappa shape index (κ3) is 5.43. The zero-order chi connectivity index (χ0) is 19.1. The number of amides is 2. The number of benzene rings is 3. The highest BCUT2D eigenvalue weighted by molar-refractivity contribution is 7.89. The number of urea groups is 1. The second-order valence-electron chi connectivity index (χ2n) is 6.07. The molecule has 6 heteroatoms. The number of carbonyl (C=O) groups excluding carboxylic acids is 1. The smallest absolute Gasteiger partial charge is 0.326 e. The van der Waals surface area contributed by atoms with E-state index in [0.29, 0.717) is 5.56 Å². The fourth-order valence-electron chi connectivity index (χ4n) is 2.78. The first-order chi connectivity index (χ1) is 13.0. The van der Waals surface area contributed by atoms with Gasteiger partial charge >= 0.3 is 6.03 Å². The number of carbonyl (C=O) groups is 1. The van der Waals surface area contributed by atoms with Gasteiger partial charge in [0.15, 0.2) is 0 Å². The fourth-order valence-corrected chi connectivity index (χ4v) is 3.83. The van der Waals surface area contributed by atoms with E-state index in [1.165, 1.54) is 0 Å². The fraction of sp³-hybridized carbons (Fsp3) is 0.0952. The predicted octanol–water partition coefficient (Wildman–Crippen LogP) is 3.61. The molecule has 2 N–H and O–H groups in total. The molecule has 0 fully saturated rings. The van der Waals surface area contributed by atoms with Crippen LogP contribution in [0.15, 0.2) is 91.0 Å². The van der Waals surface area contributed by atoms with Gasteiger partial charge in [0.05, 0.1) is 11.8 Å². The van der Waals surface area contributed by atoms with Crippen molar-refractivity contribution >= 4 is 16.1 Å². The van der Waals surface area contributed by atoms with Gasteiger partial charge in [-0.05, 0) is 16.7 Å². The summed E-state index contributed by atoms with van der Waals surface area (Å²) in [7, 11) is -3.81. The van der Waals surface area contributed by atoms with Crippen LogP contribution in [0.4, 0.5) is 4.79 Å². The van der Waals surface area contributed by atoms with Crippen molar-refractivity contribution in [3.05, 3.63) is 108 Å². The number of nitrogens with one attached hydrogen (secondary N) is 2. The third-order valence-electron chi connectivity index (χ3n) is 3.99.